The van der Waals surface area contributed by atoms with E-state index in [1.807, 2.05) is 7.05 Å². The number of hydrogen-bond acceptors (Lipinski definition) is 5. The molecule has 0 unspecified atom stereocenters. The lowest BCUT2D eigenvalue weighted by Crippen LogP contribution is -2.56. The third-order valence-electron chi connectivity index (χ3n) is 9.57. The lowest BCUT2D eigenvalue weighted by Gasteiger charge is -2.45. The molecule has 0 bridgehead atoms. The van der Waals surface area contributed by atoms with E-state index >= 15 is 0 Å². The van der Waals surface area contributed by atoms with Crippen LogP contribution in [0.5, 0.6) is 0 Å². The van der Waals surface area contributed by atoms with Crippen LogP contribution >= 0.6 is 0 Å². The first kappa shape index (κ1) is 36.1. The molecule has 3 aromatic carbocycles. The highest BCUT2D eigenvalue weighted by atomic mass is 32.2. The van der Waals surface area contributed by atoms with Gasteiger partial charge in [-0.25, -0.2) is 21.6 Å². The number of ether oxygens (including phenoxy) is 1. The van der Waals surface area contributed by atoms with E-state index in [4.69, 9.17) is 0 Å². The highest BCUT2D eigenvalue weighted by molar-refractivity contribution is 7.92. The fraction of sp³-hybridized carbons (Fsp3) is 0.455. The third-order valence-corrected chi connectivity index (χ3v) is 12.1. The maximum absolute atomic E-state index is 14.5. The van der Waals surface area contributed by atoms with Gasteiger partial charge in [-0.2, -0.15) is 26.3 Å². The van der Waals surface area contributed by atoms with Gasteiger partial charge in [0.25, 0.3) is 5.60 Å². The monoisotopic (exact) mass is 708 g/mol. The first-order valence-electron chi connectivity index (χ1n) is 15.2. The Morgan fingerprint density at radius 3 is 1.79 bits per heavy atom. The molecule has 2 aliphatic rings. The van der Waals surface area contributed by atoms with Crippen LogP contribution in [0.1, 0.15) is 42.4 Å². The number of likely N-dealkylation sites (N-methyl/N-ethyl adjacent to an activating group) is 1. The van der Waals surface area contributed by atoms with Crippen molar-refractivity contribution in [3.05, 3.63) is 101 Å². The maximum atomic E-state index is 14.5. The topological polar surface area (TPSA) is 49.9 Å². The van der Waals surface area contributed by atoms with Crippen LogP contribution in [0.4, 0.5) is 39.5 Å². The molecule has 5 rings (SSSR count). The first-order chi connectivity index (χ1) is 22.4. The number of rotatable bonds is 8. The second kappa shape index (κ2) is 13.3. The number of benzene rings is 3. The van der Waals surface area contributed by atoms with Crippen molar-refractivity contribution in [1.82, 2.24) is 9.80 Å². The number of sulfone groups is 1. The summed E-state index contributed by atoms with van der Waals surface area (Å²) >= 11 is 0. The highest BCUT2D eigenvalue weighted by Gasteiger charge is 2.73. The largest absolute Gasteiger partial charge is 0.430 e. The quantitative estimate of drug-likeness (QED) is 0.179. The molecule has 0 amide bonds. The summed E-state index contributed by atoms with van der Waals surface area (Å²) in [5.41, 5.74) is -7.65. The summed E-state index contributed by atoms with van der Waals surface area (Å²) in [5.74, 6) is -3.50. The van der Waals surface area contributed by atoms with E-state index in [0.29, 0.717) is 37.1 Å². The van der Waals surface area contributed by atoms with Crippen LogP contribution < -0.4 is 0 Å². The van der Waals surface area contributed by atoms with E-state index in [9.17, 15) is 47.9 Å². The van der Waals surface area contributed by atoms with Crippen molar-refractivity contribution in [2.45, 2.75) is 65.9 Å². The van der Waals surface area contributed by atoms with Gasteiger partial charge in [-0.1, -0.05) is 30.3 Å². The Hall–Kier alpha value is -3.14. The van der Waals surface area contributed by atoms with Crippen molar-refractivity contribution in [2.24, 2.45) is 0 Å². The molecule has 0 spiro atoms. The van der Waals surface area contributed by atoms with Crippen LogP contribution in [0.25, 0.3) is 0 Å². The molecule has 1 aliphatic heterocycles. The lowest BCUT2D eigenvalue weighted by atomic mass is 9.79. The Labute approximate surface area is 272 Å². The molecule has 0 radical (unpaired) electrons. The second-order valence-corrected chi connectivity index (χ2v) is 14.5. The minimum Gasteiger partial charge on any atom is -0.349 e. The Balaban J connectivity index is 1.56. The molecule has 1 aliphatic carbocycles. The van der Waals surface area contributed by atoms with Gasteiger partial charge in [-0.05, 0) is 74.7 Å². The van der Waals surface area contributed by atoms with Crippen molar-refractivity contribution in [1.29, 1.82) is 0 Å². The molecule has 0 N–H and O–H groups in total. The molecular weight excluding hydrogens is 675 g/mol. The van der Waals surface area contributed by atoms with E-state index < -0.39 is 67.7 Å². The minimum atomic E-state index is -6.16. The molecular formula is C33H33F9N2O3S. The molecule has 1 saturated heterocycles. The zero-order valence-electron chi connectivity index (χ0n) is 25.7. The highest BCUT2D eigenvalue weighted by Crippen LogP contribution is 2.54. The fourth-order valence-electron chi connectivity index (χ4n) is 6.77. The number of hydrogen-bond donors (Lipinski definition) is 0. The molecule has 48 heavy (non-hydrogen) atoms. The van der Waals surface area contributed by atoms with Crippen LogP contribution in [-0.2, 0) is 31.5 Å². The maximum Gasteiger partial charge on any atom is 0.430 e. The SMILES string of the molecule is CN1CCN(C2CCC(c3ccc(C(OCc4c(F)cccc4F)(C(F)(F)F)C(F)(F)F)cc3)(S(=O)(=O)c3ccc(F)cc3)CC2)CC1. The van der Waals surface area contributed by atoms with E-state index in [1.165, 1.54) is 0 Å². The van der Waals surface area contributed by atoms with Crippen molar-refractivity contribution >= 4 is 9.84 Å². The Morgan fingerprint density at radius 2 is 1.29 bits per heavy atom. The third kappa shape index (κ3) is 6.46. The molecule has 1 saturated carbocycles. The van der Waals surface area contributed by atoms with Crippen LogP contribution in [0.15, 0.2) is 71.6 Å². The summed E-state index contributed by atoms with van der Waals surface area (Å²) in [6.45, 7) is 1.41. The number of piperazine rings is 1. The Kier molecular flexibility index (Phi) is 10.0. The molecule has 262 valence electrons. The average Bonchev–Trinajstić information content (AvgIpc) is 3.02. The normalized spacial score (nSPS) is 22.2. The van der Waals surface area contributed by atoms with E-state index in [2.05, 4.69) is 14.5 Å². The Bertz CT molecular complexity index is 1640. The predicted octanol–water partition coefficient (Wildman–Crippen LogP) is 7.50. The lowest BCUT2D eigenvalue weighted by molar-refractivity contribution is -0.392. The van der Waals surface area contributed by atoms with Crippen molar-refractivity contribution in [3.63, 3.8) is 0 Å². The summed E-state index contributed by atoms with van der Waals surface area (Å²) in [7, 11) is -2.39. The van der Waals surface area contributed by atoms with Gasteiger partial charge in [0.1, 0.15) is 22.2 Å². The van der Waals surface area contributed by atoms with Gasteiger partial charge in [0.2, 0.25) is 0 Å². The number of nitrogens with zero attached hydrogens (tertiary/aromatic N) is 2. The molecule has 0 aromatic heterocycles. The van der Waals surface area contributed by atoms with Gasteiger partial charge in [0, 0.05) is 43.3 Å². The van der Waals surface area contributed by atoms with Crippen molar-refractivity contribution in [3.8, 4) is 0 Å². The summed E-state index contributed by atoms with van der Waals surface area (Å²) in [6.07, 6.45) is -11.6. The van der Waals surface area contributed by atoms with Gasteiger partial charge in [0.05, 0.1) is 11.5 Å². The average molecular weight is 709 g/mol. The summed E-state index contributed by atoms with van der Waals surface area (Å²) in [6, 6.07) is 9.04. The van der Waals surface area contributed by atoms with Crippen molar-refractivity contribution in [2.75, 3.05) is 33.2 Å². The van der Waals surface area contributed by atoms with Gasteiger partial charge < -0.3 is 9.64 Å². The number of alkyl halides is 6. The Morgan fingerprint density at radius 1 is 0.771 bits per heavy atom. The molecule has 15 heteroatoms. The van der Waals surface area contributed by atoms with E-state index in [-0.39, 0.29) is 29.3 Å². The van der Waals surface area contributed by atoms with E-state index in [0.717, 1.165) is 68.6 Å². The van der Waals surface area contributed by atoms with Crippen LogP contribution in [0.3, 0.4) is 0 Å². The molecule has 1 heterocycles. The van der Waals surface area contributed by atoms with Gasteiger partial charge >= 0.3 is 12.4 Å². The smallest absolute Gasteiger partial charge is 0.349 e. The predicted molar refractivity (Wildman–Crippen MR) is 158 cm³/mol. The zero-order chi connectivity index (χ0) is 35.1. The van der Waals surface area contributed by atoms with Crippen molar-refractivity contribution < 1.29 is 52.7 Å². The first-order valence-corrected chi connectivity index (χ1v) is 16.7. The minimum absolute atomic E-state index is 0.00416. The van der Waals surface area contributed by atoms with Crippen LogP contribution in [0.2, 0.25) is 0 Å². The zero-order valence-corrected chi connectivity index (χ0v) is 26.5. The number of halogens is 9. The molecule has 2 fully saturated rings. The van der Waals surface area contributed by atoms with E-state index in [1.54, 1.807) is 0 Å². The standard InChI is InChI=1S/C33H33F9N2O3S/c1-43-17-19-44(20-18-43)25-13-15-30(16-14-25,48(45,46)26-11-9-24(34)10-12-26)22-5-7-23(8-6-22)31(32(37,38)39,33(40,41)42)47-21-27-28(35)3-2-4-29(27)36/h2-12,25H,13-21H2,1H3. The molecule has 5 nitrogen and oxygen atoms in total. The summed E-state index contributed by atoms with van der Waals surface area (Å²) in [4.78, 5) is 4.15. The summed E-state index contributed by atoms with van der Waals surface area (Å²) < 4.78 is 160. The molecule has 3 aromatic rings. The van der Waals surface area contributed by atoms with Gasteiger partial charge in [-0.3, -0.25) is 4.90 Å². The fourth-order valence-corrected chi connectivity index (χ4v) is 8.93. The molecule has 0 atom stereocenters. The van der Waals surface area contributed by atoms with Crippen LogP contribution in [0, 0.1) is 17.5 Å². The van der Waals surface area contributed by atoms with Crippen LogP contribution in [-0.4, -0.2) is 69.8 Å². The van der Waals surface area contributed by atoms with Gasteiger partial charge in [-0.15, -0.1) is 0 Å². The van der Waals surface area contributed by atoms with Gasteiger partial charge in [0.15, 0.2) is 9.84 Å². The summed E-state index contributed by atoms with van der Waals surface area (Å²) in [5, 5.41) is 0. The second-order valence-electron chi connectivity index (χ2n) is 12.3.